The molecule has 0 spiro atoms. The highest BCUT2D eigenvalue weighted by Gasteiger charge is 2.35. The Balaban J connectivity index is 1.70. The molecular formula is C24H22Cl2N2O3S. The number of hydrogen-bond donors (Lipinski definition) is 0. The van der Waals surface area contributed by atoms with Gasteiger partial charge in [-0.15, -0.1) is 0 Å². The fourth-order valence-corrected chi connectivity index (χ4v) is 6.11. The number of carbonyl (C=O) groups is 1. The van der Waals surface area contributed by atoms with Crippen LogP contribution in [0.4, 0.5) is 5.69 Å². The van der Waals surface area contributed by atoms with Crippen molar-refractivity contribution in [1.29, 1.82) is 0 Å². The summed E-state index contributed by atoms with van der Waals surface area (Å²) in [5.41, 5.74) is 2.66. The molecule has 0 saturated carbocycles. The second-order valence-electron chi connectivity index (χ2n) is 7.78. The standard InChI is InChI=1S/C24H22Cl2N2O3S/c1-17-13-19-9-5-6-10-22(19)28(17)24(29)16-27(15-18-7-3-2-4-8-18)32(30,31)23-14-20(25)11-12-21(23)26/h2-12,14,17H,13,15-16H2,1H3/t17-/m1/s1. The number of carbonyl (C=O) groups excluding carboxylic acids is 1. The number of benzene rings is 3. The van der Waals surface area contributed by atoms with Gasteiger partial charge in [-0.2, -0.15) is 4.31 Å². The van der Waals surface area contributed by atoms with Crippen molar-refractivity contribution in [2.45, 2.75) is 30.8 Å². The molecule has 166 valence electrons. The lowest BCUT2D eigenvalue weighted by Gasteiger charge is -2.28. The molecule has 4 rings (SSSR count). The first-order valence-electron chi connectivity index (χ1n) is 10.2. The third kappa shape index (κ3) is 4.55. The van der Waals surface area contributed by atoms with E-state index in [-0.39, 0.29) is 40.0 Å². The highest BCUT2D eigenvalue weighted by molar-refractivity contribution is 7.89. The molecule has 1 atom stereocenters. The molecule has 0 aromatic heterocycles. The van der Waals surface area contributed by atoms with Crippen LogP contribution < -0.4 is 4.90 Å². The molecule has 0 unspecified atom stereocenters. The van der Waals surface area contributed by atoms with Gasteiger partial charge >= 0.3 is 0 Å². The summed E-state index contributed by atoms with van der Waals surface area (Å²) in [6.07, 6.45) is 0.730. The Bertz CT molecular complexity index is 1250. The van der Waals surface area contributed by atoms with Gasteiger partial charge in [-0.25, -0.2) is 8.42 Å². The molecule has 3 aromatic carbocycles. The minimum atomic E-state index is -4.10. The van der Waals surface area contributed by atoms with Crippen molar-refractivity contribution >= 4 is 44.8 Å². The Morgan fingerprint density at radius 3 is 2.47 bits per heavy atom. The maximum absolute atomic E-state index is 13.6. The topological polar surface area (TPSA) is 57.7 Å². The highest BCUT2D eigenvalue weighted by atomic mass is 35.5. The lowest BCUT2D eigenvalue weighted by Crippen LogP contribution is -2.44. The van der Waals surface area contributed by atoms with Crippen LogP contribution in [0, 0.1) is 0 Å². The first kappa shape index (κ1) is 22.8. The van der Waals surface area contributed by atoms with E-state index < -0.39 is 10.0 Å². The number of halogens is 2. The summed E-state index contributed by atoms with van der Waals surface area (Å²) in [5, 5.41) is 0.306. The van der Waals surface area contributed by atoms with Crippen LogP contribution >= 0.6 is 23.2 Å². The van der Waals surface area contributed by atoms with E-state index in [9.17, 15) is 13.2 Å². The molecule has 5 nitrogen and oxygen atoms in total. The second-order valence-corrected chi connectivity index (χ2v) is 10.5. The van der Waals surface area contributed by atoms with E-state index in [1.165, 1.54) is 18.2 Å². The average molecular weight is 489 g/mol. The normalized spacial score (nSPS) is 15.8. The van der Waals surface area contributed by atoms with E-state index in [1.807, 2.05) is 61.5 Å². The van der Waals surface area contributed by atoms with Crippen LogP contribution in [0.2, 0.25) is 10.0 Å². The number of amides is 1. The molecule has 0 fully saturated rings. The van der Waals surface area contributed by atoms with Gasteiger partial charge in [-0.1, -0.05) is 71.7 Å². The molecule has 1 aliphatic rings. The maximum atomic E-state index is 13.6. The summed E-state index contributed by atoms with van der Waals surface area (Å²) in [6, 6.07) is 21.1. The van der Waals surface area contributed by atoms with Crippen molar-refractivity contribution in [3.63, 3.8) is 0 Å². The van der Waals surface area contributed by atoms with Gasteiger partial charge in [0.25, 0.3) is 0 Å². The molecule has 8 heteroatoms. The van der Waals surface area contributed by atoms with Crippen molar-refractivity contribution in [2.24, 2.45) is 0 Å². The Kier molecular flexibility index (Phi) is 6.58. The zero-order valence-corrected chi connectivity index (χ0v) is 19.7. The minimum Gasteiger partial charge on any atom is -0.308 e. The summed E-state index contributed by atoms with van der Waals surface area (Å²) in [5.74, 6) is -0.292. The molecule has 0 radical (unpaired) electrons. The molecule has 0 N–H and O–H groups in total. The number of rotatable bonds is 6. The van der Waals surface area contributed by atoms with Crippen molar-refractivity contribution < 1.29 is 13.2 Å². The lowest BCUT2D eigenvalue weighted by atomic mass is 10.1. The van der Waals surface area contributed by atoms with Gasteiger partial charge in [-0.3, -0.25) is 4.79 Å². The van der Waals surface area contributed by atoms with Crippen molar-refractivity contribution in [1.82, 2.24) is 4.31 Å². The smallest absolute Gasteiger partial charge is 0.245 e. The number of sulfonamides is 1. The van der Waals surface area contributed by atoms with Gasteiger partial charge in [-0.05, 0) is 48.7 Å². The van der Waals surface area contributed by atoms with Crippen LogP contribution in [-0.2, 0) is 27.8 Å². The minimum absolute atomic E-state index is 0.0294. The van der Waals surface area contributed by atoms with Crippen molar-refractivity contribution in [2.75, 3.05) is 11.4 Å². The SMILES string of the molecule is C[C@@H]1Cc2ccccc2N1C(=O)CN(Cc1ccccc1)S(=O)(=O)c1cc(Cl)ccc1Cl. The predicted molar refractivity (Wildman–Crippen MR) is 128 cm³/mol. The third-order valence-corrected chi connectivity index (χ3v) is 8.01. The molecule has 32 heavy (non-hydrogen) atoms. The zero-order chi connectivity index (χ0) is 22.9. The van der Waals surface area contributed by atoms with E-state index in [4.69, 9.17) is 23.2 Å². The summed E-state index contributed by atoms with van der Waals surface area (Å²) in [4.78, 5) is 15.0. The van der Waals surface area contributed by atoms with Crippen LogP contribution in [0.1, 0.15) is 18.1 Å². The Labute approximate surface area is 198 Å². The largest absolute Gasteiger partial charge is 0.308 e. The van der Waals surface area contributed by atoms with Crippen LogP contribution in [0.25, 0.3) is 0 Å². The first-order valence-corrected chi connectivity index (χ1v) is 12.4. The Hall–Kier alpha value is -2.38. The Morgan fingerprint density at radius 1 is 1.03 bits per heavy atom. The fourth-order valence-electron chi connectivity index (χ4n) is 4.00. The maximum Gasteiger partial charge on any atom is 0.245 e. The molecule has 3 aromatic rings. The van der Waals surface area contributed by atoms with Crippen molar-refractivity contribution in [3.05, 3.63) is 94.0 Å². The van der Waals surface area contributed by atoms with Crippen LogP contribution in [-0.4, -0.2) is 31.2 Å². The summed E-state index contributed by atoms with van der Waals surface area (Å²) in [7, 11) is -4.10. The van der Waals surface area contributed by atoms with Crippen LogP contribution in [0.3, 0.4) is 0 Å². The van der Waals surface area contributed by atoms with Gasteiger partial charge < -0.3 is 4.90 Å². The van der Waals surface area contributed by atoms with E-state index in [0.717, 1.165) is 27.5 Å². The monoisotopic (exact) mass is 488 g/mol. The quantitative estimate of drug-likeness (QED) is 0.481. The molecular weight excluding hydrogens is 467 g/mol. The highest BCUT2D eigenvalue weighted by Crippen LogP contribution is 2.33. The zero-order valence-electron chi connectivity index (χ0n) is 17.4. The molecule has 0 saturated heterocycles. The first-order chi connectivity index (χ1) is 15.3. The molecule has 0 aliphatic carbocycles. The van der Waals surface area contributed by atoms with Gasteiger partial charge in [0.15, 0.2) is 0 Å². The van der Waals surface area contributed by atoms with Gasteiger partial charge in [0.05, 0.1) is 11.6 Å². The average Bonchev–Trinajstić information content (AvgIpc) is 3.11. The summed E-state index contributed by atoms with van der Waals surface area (Å²) in [6.45, 7) is 1.67. The van der Waals surface area contributed by atoms with Crippen LogP contribution in [0.5, 0.6) is 0 Å². The van der Waals surface area contributed by atoms with Gasteiger partial charge in [0.1, 0.15) is 4.90 Å². The fraction of sp³-hybridized carbons (Fsp3) is 0.208. The van der Waals surface area contributed by atoms with Gasteiger partial charge in [0.2, 0.25) is 15.9 Å². The second kappa shape index (κ2) is 9.24. The number of fused-ring (bicyclic) bond motifs is 1. The lowest BCUT2D eigenvalue weighted by molar-refractivity contribution is -0.119. The number of nitrogens with zero attached hydrogens (tertiary/aromatic N) is 2. The molecule has 1 aliphatic heterocycles. The van der Waals surface area contributed by atoms with E-state index in [0.29, 0.717) is 0 Å². The summed E-state index contributed by atoms with van der Waals surface area (Å²) >= 11 is 12.3. The molecule has 1 heterocycles. The van der Waals surface area contributed by atoms with Crippen molar-refractivity contribution in [3.8, 4) is 0 Å². The van der Waals surface area contributed by atoms with E-state index in [2.05, 4.69) is 0 Å². The van der Waals surface area contributed by atoms with E-state index in [1.54, 1.807) is 4.90 Å². The van der Waals surface area contributed by atoms with Gasteiger partial charge in [0, 0.05) is 23.3 Å². The number of hydrogen-bond acceptors (Lipinski definition) is 3. The molecule has 1 amide bonds. The third-order valence-electron chi connectivity index (χ3n) is 5.50. The van der Waals surface area contributed by atoms with E-state index >= 15 is 0 Å². The number of anilines is 1. The predicted octanol–water partition coefficient (Wildman–Crippen LogP) is 5.16. The van der Waals surface area contributed by atoms with Crippen LogP contribution in [0.15, 0.2) is 77.7 Å². The Morgan fingerprint density at radius 2 is 1.72 bits per heavy atom. The number of para-hydroxylation sites is 1. The summed E-state index contributed by atoms with van der Waals surface area (Å²) < 4.78 is 28.4. The molecule has 0 bridgehead atoms.